The van der Waals surface area contributed by atoms with Gasteiger partial charge in [0.15, 0.2) is 0 Å². The number of benzene rings is 1. The number of aldehydes is 1. The van der Waals surface area contributed by atoms with Gasteiger partial charge in [0.1, 0.15) is 6.29 Å². The van der Waals surface area contributed by atoms with Gasteiger partial charge in [-0.25, -0.2) is 0 Å². The molecule has 2 heteroatoms. The minimum absolute atomic E-state index is 0.397. The van der Waals surface area contributed by atoms with Gasteiger partial charge in [0, 0.05) is 31.6 Å². The molecule has 1 unspecified atom stereocenters. The maximum Gasteiger partial charge on any atom is 0.120 e. The van der Waals surface area contributed by atoms with Gasteiger partial charge >= 0.3 is 0 Å². The number of nitrogens with zero attached hydrogens (tertiary/aromatic N) is 1. The molecule has 0 fully saturated rings. The van der Waals surface area contributed by atoms with E-state index in [4.69, 9.17) is 0 Å². The van der Waals surface area contributed by atoms with Crippen LogP contribution in [0.5, 0.6) is 0 Å². The van der Waals surface area contributed by atoms with Crippen molar-refractivity contribution in [1.29, 1.82) is 0 Å². The quantitative estimate of drug-likeness (QED) is 0.703. The van der Waals surface area contributed by atoms with Crippen molar-refractivity contribution in [3.63, 3.8) is 0 Å². The van der Waals surface area contributed by atoms with Crippen molar-refractivity contribution in [2.45, 2.75) is 25.7 Å². The zero-order valence-corrected chi connectivity index (χ0v) is 9.36. The SMILES string of the molecule is CCc1cccc2c1N(C)CC2CC=O. The summed E-state index contributed by atoms with van der Waals surface area (Å²) < 4.78 is 0. The third-order valence-electron chi connectivity index (χ3n) is 3.23. The van der Waals surface area contributed by atoms with Crippen LogP contribution in [0.2, 0.25) is 0 Å². The van der Waals surface area contributed by atoms with Crippen molar-refractivity contribution in [3.8, 4) is 0 Å². The van der Waals surface area contributed by atoms with Crippen LogP contribution >= 0.6 is 0 Å². The normalized spacial score (nSPS) is 19.1. The minimum atomic E-state index is 0.397. The molecule has 0 aliphatic carbocycles. The predicted octanol–water partition coefficient (Wildman–Crippen LogP) is 2.37. The average molecular weight is 203 g/mol. The van der Waals surface area contributed by atoms with Gasteiger partial charge in [-0.1, -0.05) is 25.1 Å². The summed E-state index contributed by atoms with van der Waals surface area (Å²) in [7, 11) is 2.11. The van der Waals surface area contributed by atoms with Gasteiger partial charge in [-0.15, -0.1) is 0 Å². The standard InChI is InChI=1S/C13H17NO/c1-3-10-5-4-6-12-11(7-8-15)9-14(2)13(10)12/h4-6,8,11H,3,7,9H2,1-2H3. The number of hydrogen-bond donors (Lipinski definition) is 0. The van der Waals surface area contributed by atoms with Crippen LogP contribution in [0.3, 0.4) is 0 Å². The van der Waals surface area contributed by atoms with Gasteiger partial charge in [-0.05, 0) is 17.5 Å². The Hall–Kier alpha value is -1.31. The van der Waals surface area contributed by atoms with Crippen LogP contribution in [0.25, 0.3) is 0 Å². The largest absolute Gasteiger partial charge is 0.374 e. The maximum absolute atomic E-state index is 10.6. The molecule has 1 aromatic carbocycles. The van der Waals surface area contributed by atoms with E-state index in [1.54, 1.807) is 0 Å². The van der Waals surface area contributed by atoms with Gasteiger partial charge in [-0.3, -0.25) is 0 Å². The Balaban J connectivity index is 2.43. The molecule has 0 N–H and O–H groups in total. The highest BCUT2D eigenvalue weighted by atomic mass is 16.1. The second kappa shape index (κ2) is 4.05. The number of aryl methyl sites for hydroxylation is 1. The molecule has 1 atom stereocenters. The van der Waals surface area contributed by atoms with Gasteiger partial charge in [-0.2, -0.15) is 0 Å². The summed E-state index contributed by atoms with van der Waals surface area (Å²) in [6.45, 7) is 3.15. The Labute approximate surface area is 90.9 Å². The Kier molecular flexibility index (Phi) is 2.76. The number of carbonyl (C=O) groups excluding carboxylic acids is 1. The lowest BCUT2D eigenvalue weighted by Gasteiger charge is -2.15. The van der Waals surface area contributed by atoms with Crippen molar-refractivity contribution in [1.82, 2.24) is 0 Å². The molecule has 0 amide bonds. The molecule has 1 aliphatic heterocycles. The number of fused-ring (bicyclic) bond motifs is 1. The summed E-state index contributed by atoms with van der Waals surface area (Å²) in [4.78, 5) is 12.9. The lowest BCUT2D eigenvalue weighted by molar-refractivity contribution is -0.108. The first kappa shape index (κ1) is 10.2. The van der Waals surface area contributed by atoms with Crippen LogP contribution in [-0.2, 0) is 11.2 Å². The van der Waals surface area contributed by atoms with Crippen molar-refractivity contribution in [2.24, 2.45) is 0 Å². The Morgan fingerprint density at radius 1 is 1.53 bits per heavy atom. The number of anilines is 1. The van der Waals surface area contributed by atoms with E-state index in [-0.39, 0.29) is 0 Å². The van der Waals surface area contributed by atoms with E-state index >= 15 is 0 Å². The molecular formula is C13H17NO. The molecule has 15 heavy (non-hydrogen) atoms. The molecule has 1 aromatic rings. The number of rotatable bonds is 3. The van der Waals surface area contributed by atoms with E-state index in [2.05, 4.69) is 37.1 Å². The summed E-state index contributed by atoms with van der Waals surface area (Å²) in [6.07, 6.45) is 2.73. The monoisotopic (exact) mass is 203 g/mol. The molecule has 0 spiro atoms. The maximum atomic E-state index is 10.6. The molecule has 2 nitrogen and oxygen atoms in total. The number of para-hydroxylation sites is 1. The molecule has 1 aliphatic rings. The van der Waals surface area contributed by atoms with E-state index in [1.807, 2.05) is 0 Å². The first-order chi connectivity index (χ1) is 7.27. The Bertz CT molecular complexity index is 373. The highest BCUT2D eigenvalue weighted by Gasteiger charge is 2.27. The summed E-state index contributed by atoms with van der Waals surface area (Å²) in [5.41, 5.74) is 4.10. The fourth-order valence-corrected chi connectivity index (χ4v) is 2.53. The van der Waals surface area contributed by atoms with Gasteiger partial charge < -0.3 is 9.69 Å². The predicted molar refractivity (Wildman–Crippen MR) is 62.5 cm³/mol. The summed E-state index contributed by atoms with van der Waals surface area (Å²) in [5, 5.41) is 0. The van der Waals surface area contributed by atoms with Crippen LogP contribution in [-0.4, -0.2) is 19.9 Å². The third kappa shape index (κ3) is 1.65. The van der Waals surface area contributed by atoms with E-state index in [1.165, 1.54) is 16.8 Å². The van der Waals surface area contributed by atoms with Crippen molar-refractivity contribution >= 4 is 12.0 Å². The lowest BCUT2D eigenvalue weighted by atomic mass is 9.96. The third-order valence-corrected chi connectivity index (χ3v) is 3.23. The molecule has 0 bridgehead atoms. The Morgan fingerprint density at radius 2 is 2.33 bits per heavy atom. The zero-order chi connectivity index (χ0) is 10.8. The van der Waals surface area contributed by atoms with Crippen LogP contribution < -0.4 is 4.90 Å². The highest BCUT2D eigenvalue weighted by molar-refractivity contribution is 5.67. The topological polar surface area (TPSA) is 20.3 Å². The van der Waals surface area contributed by atoms with E-state index < -0.39 is 0 Å². The Morgan fingerprint density at radius 3 is 3.00 bits per heavy atom. The molecule has 0 saturated carbocycles. The second-order valence-electron chi connectivity index (χ2n) is 4.19. The second-order valence-corrected chi connectivity index (χ2v) is 4.19. The first-order valence-electron chi connectivity index (χ1n) is 5.54. The summed E-state index contributed by atoms with van der Waals surface area (Å²) in [5.74, 6) is 0.397. The molecule has 0 radical (unpaired) electrons. The average Bonchev–Trinajstić information content (AvgIpc) is 2.57. The molecule has 0 saturated heterocycles. The number of carbonyl (C=O) groups is 1. The lowest BCUT2D eigenvalue weighted by Crippen LogP contribution is -2.16. The molecule has 80 valence electrons. The fraction of sp³-hybridized carbons (Fsp3) is 0.462. The minimum Gasteiger partial charge on any atom is -0.374 e. The smallest absolute Gasteiger partial charge is 0.120 e. The van der Waals surface area contributed by atoms with Gasteiger partial charge in [0.05, 0.1) is 0 Å². The van der Waals surface area contributed by atoms with E-state index in [9.17, 15) is 4.79 Å². The van der Waals surface area contributed by atoms with Crippen LogP contribution in [0.1, 0.15) is 30.4 Å². The van der Waals surface area contributed by atoms with Crippen LogP contribution in [0.15, 0.2) is 18.2 Å². The summed E-state index contributed by atoms with van der Waals surface area (Å²) in [6, 6.07) is 6.44. The van der Waals surface area contributed by atoms with Gasteiger partial charge in [0.2, 0.25) is 0 Å². The van der Waals surface area contributed by atoms with E-state index in [0.717, 1.165) is 19.3 Å². The number of hydrogen-bond acceptors (Lipinski definition) is 2. The molecule has 2 rings (SSSR count). The van der Waals surface area contributed by atoms with Crippen LogP contribution in [0, 0.1) is 0 Å². The van der Waals surface area contributed by atoms with E-state index in [0.29, 0.717) is 12.3 Å². The van der Waals surface area contributed by atoms with Crippen molar-refractivity contribution in [2.75, 3.05) is 18.5 Å². The zero-order valence-electron chi connectivity index (χ0n) is 9.36. The molecule has 1 heterocycles. The fourth-order valence-electron chi connectivity index (χ4n) is 2.53. The first-order valence-corrected chi connectivity index (χ1v) is 5.54. The highest BCUT2D eigenvalue weighted by Crippen LogP contribution is 2.39. The van der Waals surface area contributed by atoms with Crippen molar-refractivity contribution < 1.29 is 4.79 Å². The van der Waals surface area contributed by atoms with Gasteiger partial charge in [0.25, 0.3) is 0 Å². The number of likely N-dealkylation sites (N-methyl/N-ethyl adjacent to an activating group) is 1. The van der Waals surface area contributed by atoms with Crippen molar-refractivity contribution in [3.05, 3.63) is 29.3 Å². The molecular weight excluding hydrogens is 186 g/mol. The summed E-state index contributed by atoms with van der Waals surface area (Å²) >= 11 is 0. The van der Waals surface area contributed by atoms with Crippen LogP contribution in [0.4, 0.5) is 5.69 Å². The molecule has 0 aromatic heterocycles.